The SMILES string of the molecule is Br.CN/C(=C\[N+](=O)[O-])NCCSCc1ccc(NC)o1. The van der Waals surface area contributed by atoms with Gasteiger partial charge in [-0.1, -0.05) is 0 Å². The second-order valence-electron chi connectivity index (χ2n) is 3.57. The number of rotatable bonds is 9. The van der Waals surface area contributed by atoms with Crippen LogP contribution in [0.1, 0.15) is 5.76 Å². The summed E-state index contributed by atoms with van der Waals surface area (Å²) in [6.07, 6.45) is 0.913. The molecule has 0 aromatic carbocycles. The summed E-state index contributed by atoms with van der Waals surface area (Å²) in [6, 6.07) is 3.81. The Kier molecular flexibility index (Phi) is 9.73. The van der Waals surface area contributed by atoms with Crippen molar-refractivity contribution in [3.8, 4) is 0 Å². The Morgan fingerprint density at radius 3 is 2.80 bits per heavy atom. The van der Waals surface area contributed by atoms with E-state index in [4.69, 9.17) is 4.42 Å². The number of hydrogen-bond donors (Lipinski definition) is 3. The van der Waals surface area contributed by atoms with Gasteiger partial charge in [-0.25, -0.2) is 0 Å². The molecule has 9 heteroatoms. The Morgan fingerprint density at radius 1 is 1.50 bits per heavy atom. The first-order valence-corrected chi connectivity index (χ1v) is 6.92. The molecule has 0 fully saturated rings. The van der Waals surface area contributed by atoms with E-state index in [-0.39, 0.29) is 17.0 Å². The first-order valence-electron chi connectivity index (χ1n) is 5.77. The maximum atomic E-state index is 10.3. The minimum Gasteiger partial charge on any atom is -0.445 e. The van der Waals surface area contributed by atoms with Gasteiger partial charge in [0.25, 0.3) is 6.20 Å². The molecule has 0 amide bonds. The minimum atomic E-state index is -0.492. The number of hydrogen-bond acceptors (Lipinski definition) is 7. The van der Waals surface area contributed by atoms with E-state index in [0.717, 1.165) is 29.4 Å². The molecule has 114 valence electrons. The van der Waals surface area contributed by atoms with Gasteiger partial charge in [-0.05, 0) is 6.07 Å². The Hall–Kier alpha value is -1.35. The predicted molar refractivity (Wildman–Crippen MR) is 86.9 cm³/mol. The maximum Gasteiger partial charge on any atom is 0.274 e. The third-order valence-corrected chi connectivity index (χ3v) is 3.20. The Labute approximate surface area is 132 Å². The average molecular weight is 367 g/mol. The molecule has 0 spiro atoms. The lowest BCUT2D eigenvalue weighted by atomic mass is 10.5. The molecule has 20 heavy (non-hydrogen) atoms. The number of anilines is 1. The van der Waals surface area contributed by atoms with Crippen molar-refractivity contribution in [1.82, 2.24) is 10.6 Å². The van der Waals surface area contributed by atoms with Gasteiger partial charge in [0.05, 0.1) is 10.7 Å². The molecule has 0 aliphatic heterocycles. The van der Waals surface area contributed by atoms with Crippen molar-refractivity contribution < 1.29 is 9.34 Å². The van der Waals surface area contributed by atoms with Crippen LogP contribution in [0.3, 0.4) is 0 Å². The number of thioether (sulfide) groups is 1. The monoisotopic (exact) mass is 366 g/mol. The Balaban J connectivity index is 0.00000361. The van der Waals surface area contributed by atoms with E-state index in [1.807, 2.05) is 12.1 Å². The second-order valence-corrected chi connectivity index (χ2v) is 4.68. The summed E-state index contributed by atoms with van der Waals surface area (Å²) >= 11 is 1.69. The molecule has 1 aromatic heterocycles. The van der Waals surface area contributed by atoms with Gasteiger partial charge in [0, 0.05) is 32.5 Å². The number of halogens is 1. The van der Waals surface area contributed by atoms with E-state index >= 15 is 0 Å². The van der Waals surface area contributed by atoms with Gasteiger partial charge in [-0.2, -0.15) is 11.8 Å². The van der Waals surface area contributed by atoms with Crippen LogP contribution in [0.25, 0.3) is 0 Å². The van der Waals surface area contributed by atoms with Crippen molar-refractivity contribution in [2.24, 2.45) is 0 Å². The number of nitro groups is 1. The molecule has 7 nitrogen and oxygen atoms in total. The van der Waals surface area contributed by atoms with Crippen LogP contribution >= 0.6 is 28.7 Å². The quantitative estimate of drug-likeness (QED) is 0.349. The van der Waals surface area contributed by atoms with Crippen LogP contribution in [-0.2, 0) is 5.75 Å². The fraction of sp³-hybridized carbons (Fsp3) is 0.455. The predicted octanol–water partition coefficient (Wildman–Crippen LogP) is 2.02. The summed E-state index contributed by atoms with van der Waals surface area (Å²) in [5, 5.41) is 18.9. The molecule has 0 unspecified atom stereocenters. The first kappa shape index (κ1) is 18.7. The number of furan rings is 1. The molecule has 1 aromatic rings. The summed E-state index contributed by atoms with van der Waals surface area (Å²) in [6.45, 7) is 0.644. The average Bonchev–Trinajstić information content (AvgIpc) is 2.84. The molecule has 0 radical (unpaired) electrons. The fourth-order valence-electron chi connectivity index (χ4n) is 1.32. The van der Waals surface area contributed by atoms with Gasteiger partial charge in [0.15, 0.2) is 11.7 Å². The van der Waals surface area contributed by atoms with Gasteiger partial charge in [0.2, 0.25) is 0 Å². The van der Waals surface area contributed by atoms with Crippen LogP contribution in [0.5, 0.6) is 0 Å². The van der Waals surface area contributed by atoms with Gasteiger partial charge in [-0.15, -0.1) is 17.0 Å². The standard InChI is InChI=1S/C11H18N4O3S.BrH/c1-12-10(7-15(16)17)14-5-6-19-8-9-3-4-11(13-2)18-9;/h3-4,7,12-14H,5-6,8H2,1-2H3;1H/b10-7+;. The van der Waals surface area contributed by atoms with E-state index in [1.165, 1.54) is 0 Å². The minimum absolute atomic E-state index is 0. The lowest BCUT2D eigenvalue weighted by Crippen LogP contribution is -2.26. The van der Waals surface area contributed by atoms with Crippen LogP contribution in [-0.4, -0.2) is 31.3 Å². The van der Waals surface area contributed by atoms with Crippen LogP contribution < -0.4 is 16.0 Å². The summed E-state index contributed by atoms with van der Waals surface area (Å²) in [7, 11) is 3.44. The van der Waals surface area contributed by atoms with E-state index in [9.17, 15) is 10.1 Å². The number of nitrogens with zero attached hydrogens (tertiary/aromatic N) is 1. The van der Waals surface area contributed by atoms with Crippen molar-refractivity contribution >= 4 is 34.6 Å². The molecular weight excluding hydrogens is 348 g/mol. The largest absolute Gasteiger partial charge is 0.445 e. The highest BCUT2D eigenvalue weighted by Gasteiger charge is 2.02. The van der Waals surface area contributed by atoms with Crippen LogP contribution in [0.15, 0.2) is 28.6 Å². The molecule has 0 aliphatic rings. The van der Waals surface area contributed by atoms with Gasteiger partial charge in [-0.3, -0.25) is 10.1 Å². The van der Waals surface area contributed by atoms with Crippen molar-refractivity contribution in [2.45, 2.75) is 5.75 Å². The lowest BCUT2D eigenvalue weighted by Gasteiger charge is -2.07. The molecule has 3 N–H and O–H groups in total. The second kappa shape index (κ2) is 10.4. The Bertz CT molecular complexity index is 439. The van der Waals surface area contributed by atoms with Gasteiger partial charge in [0.1, 0.15) is 5.76 Å². The molecule has 0 aliphatic carbocycles. The van der Waals surface area contributed by atoms with E-state index in [1.54, 1.807) is 25.9 Å². The molecular formula is C11H19BrN4O3S. The topological polar surface area (TPSA) is 92.4 Å². The molecule has 1 rings (SSSR count). The van der Waals surface area contributed by atoms with Crippen LogP contribution in [0, 0.1) is 10.1 Å². The smallest absolute Gasteiger partial charge is 0.274 e. The van der Waals surface area contributed by atoms with Crippen molar-refractivity contribution in [3.05, 3.63) is 40.0 Å². The zero-order valence-corrected chi connectivity index (χ0v) is 13.9. The van der Waals surface area contributed by atoms with Gasteiger partial charge < -0.3 is 20.4 Å². The highest BCUT2D eigenvalue weighted by molar-refractivity contribution is 8.93. The van der Waals surface area contributed by atoms with Crippen molar-refractivity contribution in [1.29, 1.82) is 0 Å². The number of nitrogens with one attached hydrogen (secondary N) is 3. The third-order valence-electron chi connectivity index (χ3n) is 2.22. The zero-order valence-electron chi connectivity index (χ0n) is 11.3. The lowest BCUT2D eigenvalue weighted by molar-refractivity contribution is -0.404. The third kappa shape index (κ3) is 7.29. The highest BCUT2D eigenvalue weighted by atomic mass is 79.9. The van der Waals surface area contributed by atoms with Gasteiger partial charge >= 0.3 is 0 Å². The summed E-state index contributed by atoms with van der Waals surface area (Å²) in [4.78, 5) is 9.81. The summed E-state index contributed by atoms with van der Waals surface area (Å²) < 4.78 is 5.47. The van der Waals surface area contributed by atoms with Crippen LogP contribution in [0.2, 0.25) is 0 Å². The van der Waals surface area contributed by atoms with Crippen molar-refractivity contribution in [3.63, 3.8) is 0 Å². The molecule has 1 heterocycles. The normalized spacial score (nSPS) is 10.6. The first-order chi connectivity index (χ1) is 9.15. The summed E-state index contributed by atoms with van der Waals surface area (Å²) in [5.74, 6) is 3.66. The van der Waals surface area contributed by atoms with E-state index in [0.29, 0.717) is 12.4 Å². The molecule has 0 saturated carbocycles. The van der Waals surface area contributed by atoms with E-state index in [2.05, 4.69) is 16.0 Å². The molecule has 0 saturated heterocycles. The fourth-order valence-corrected chi connectivity index (χ4v) is 2.07. The molecule has 0 atom stereocenters. The molecule has 0 bridgehead atoms. The summed E-state index contributed by atoms with van der Waals surface area (Å²) in [5.41, 5.74) is 0. The Morgan fingerprint density at radius 2 is 2.25 bits per heavy atom. The van der Waals surface area contributed by atoms with Crippen LogP contribution in [0.4, 0.5) is 5.88 Å². The maximum absolute atomic E-state index is 10.3. The van der Waals surface area contributed by atoms with Crippen molar-refractivity contribution in [2.75, 3.05) is 31.7 Å². The zero-order chi connectivity index (χ0) is 14.1. The highest BCUT2D eigenvalue weighted by Crippen LogP contribution is 2.17. The van der Waals surface area contributed by atoms with E-state index < -0.39 is 4.92 Å².